The van der Waals surface area contributed by atoms with Crippen molar-refractivity contribution >= 4 is 17.3 Å². The van der Waals surface area contributed by atoms with Crippen molar-refractivity contribution < 1.29 is 4.79 Å². The van der Waals surface area contributed by atoms with Crippen LogP contribution in [0.1, 0.15) is 21.5 Å². The molecule has 3 nitrogen and oxygen atoms in total. The van der Waals surface area contributed by atoms with E-state index in [1.807, 2.05) is 42.5 Å². The summed E-state index contributed by atoms with van der Waals surface area (Å²) in [4.78, 5) is 16.5. The molecule has 0 unspecified atom stereocenters. The van der Waals surface area contributed by atoms with E-state index in [-0.39, 0.29) is 5.78 Å². The van der Waals surface area contributed by atoms with Gasteiger partial charge in [0.15, 0.2) is 5.78 Å². The van der Waals surface area contributed by atoms with Gasteiger partial charge in [-0.3, -0.25) is 4.79 Å². The van der Waals surface area contributed by atoms with Gasteiger partial charge < -0.3 is 5.73 Å². The van der Waals surface area contributed by atoms with Gasteiger partial charge in [-0.1, -0.05) is 30.3 Å². The second-order valence-corrected chi connectivity index (χ2v) is 4.32. The fourth-order valence-corrected chi connectivity index (χ4v) is 2.12. The number of hydrogen-bond acceptors (Lipinski definition) is 3. The van der Waals surface area contributed by atoms with Gasteiger partial charge in [-0.25, -0.2) is 4.99 Å². The van der Waals surface area contributed by atoms with E-state index < -0.39 is 0 Å². The Kier molecular flexibility index (Phi) is 2.45. The first-order valence-corrected chi connectivity index (χ1v) is 5.80. The van der Waals surface area contributed by atoms with E-state index in [0.29, 0.717) is 23.4 Å². The largest absolute Gasteiger partial charge is 0.387 e. The van der Waals surface area contributed by atoms with Gasteiger partial charge in [0.05, 0.1) is 5.69 Å². The maximum Gasteiger partial charge on any atom is 0.193 e. The molecule has 0 radical (unpaired) electrons. The molecule has 2 aromatic rings. The number of nitrogens with two attached hydrogens (primary N) is 1. The normalized spacial score (nSPS) is 13.0. The maximum absolute atomic E-state index is 12.3. The third-order valence-electron chi connectivity index (χ3n) is 3.01. The lowest BCUT2D eigenvalue weighted by Gasteiger charge is -2.03. The van der Waals surface area contributed by atoms with Gasteiger partial charge in [0.1, 0.15) is 5.84 Å². The number of nitrogens with zero attached hydrogens (tertiary/aromatic N) is 1. The number of rotatable bonds is 2. The maximum atomic E-state index is 12.3. The molecule has 0 saturated carbocycles. The summed E-state index contributed by atoms with van der Waals surface area (Å²) in [7, 11) is 0. The summed E-state index contributed by atoms with van der Waals surface area (Å²) < 4.78 is 0. The zero-order valence-electron chi connectivity index (χ0n) is 9.76. The van der Waals surface area contributed by atoms with Crippen molar-refractivity contribution in [3.63, 3.8) is 0 Å². The van der Waals surface area contributed by atoms with E-state index in [1.165, 1.54) is 0 Å². The van der Waals surface area contributed by atoms with Crippen LogP contribution in [0.2, 0.25) is 0 Å². The molecule has 0 amide bonds. The van der Waals surface area contributed by atoms with Crippen molar-refractivity contribution in [2.24, 2.45) is 10.7 Å². The van der Waals surface area contributed by atoms with Crippen molar-refractivity contribution in [2.75, 3.05) is 0 Å². The Hall–Kier alpha value is -2.42. The zero-order chi connectivity index (χ0) is 12.5. The molecule has 0 atom stereocenters. The summed E-state index contributed by atoms with van der Waals surface area (Å²) in [5, 5.41) is 0. The molecular formula is C15H12N2O. The van der Waals surface area contributed by atoms with Gasteiger partial charge in [-0.05, 0) is 23.8 Å². The van der Waals surface area contributed by atoms with Crippen LogP contribution in [-0.2, 0) is 6.42 Å². The average molecular weight is 236 g/mol. The number of ketones is 1. The number of aliphatic imine (C=N–C) groups is 1. The molecule has 2 N–H and O–H groups in total. The molecule has 0 bridgehead atoms. The van der Waals surface area contributed by atoms with E-state index in [4.69, 9.17) is 5.73 Å². The SMILES string of the molecule is NC1=Nc2ccc(C(=O)c3ccccc3)cc2C1. The summed E-state index contributed by atoms with van der Waals surface area (Å²) in [6.45, 7) is 0. The molecule has 88 valence electrons. The lowest BCUT2D eigenvalue weighted by atomic mass is 10.00. The molecule has 3 heteroatoms. The molecule has 0 saturated heterocycles. The van der Waals surface area contributed by atoms with Crippen LogP contribution in [0.4, 0.5) is 5.69 Å². The first-order chi connectivity index (χ1) is 8.74. The molecule has 0 spiro atoms. The number of carbonyl (C=O) groups excluding carboxylic acids is 1. The van der Waals surface area contributed by atoms with Crippen LogP contribution in [-0.4, -0.2) is 11.6 Å². The Balaban J connectivity index is 1.96. The quantitative estimate of drug-likeness (QED) is 0.814. The summed E-state index contributed by atoms with van der Waals surface area (Å²) in [5.41, 5.74) is 8.97. The summed E-state index contributed by atoms with van der Waals surface area (Å²) in [6, 6.07) is 14.8. The van der Waals surface area contributed by atoms with Crippen LogP contribution in [0, 0.1) is 0 Å². The fourth-order valence-electron chi connectivity index (χ4n) is 2.12. The number of benzene rings is 2. The Labute approximate surface area is 105 Å². The Morgan fingerprint density at radius 2 is 1.83 bits per heavy atom. The van der Waals surface area contributed by atoms with Crippen molar-refractivity contribution in [3.8, 4) is 0 Å². The van der Waals surface area contributed by atoms with E-state index in [2.05, 4.69) is 4.99 Å². The lowest BCUT2D eigenvalue weighted by Crippen LogP contribution is -2.10. The smallest absolute Gasteiger partial charge is 0.193 e. The van der Waals surface area contributed by atoms with Crippen LogP contribution < -0.4 is 5.73 Å². The minimum atomic E-state index is 0.0314. The molecule has 1 aliphatic heterocycles. The molecule has 0 fully saturated rings. The standard InChI is InChI=1S/C15H12N2O/c16-14-9-12-8-11(6-7-13(12)17-14)15(18)10-4-2-1-3-5-10/h1-8H,9H2,(H2,16,17). The fraction of sp³-hybridized carbons (Fsp3) is 0.0667. The van der Waals surface area contributed by atoms with Gasteiger partial charge in [-0.2, -0.15) is 0 Å². The minimum absolute atomic E-state index is 0.0314. The van der Waals surface area contributed by atoms with Crippen molar-refractivity contribution in [1.29, 1.82) is 0 Å². The number of hydrogen-bond donors (Lipinski definition) is 1. The monoisotopic (exact) mass is 236 g/mol. The van der Waals surface area contributed by atoms with Crippen LogP contribution in [0.15, 0.2) is 53.5 Å². The number of carbonyl (C=O) groups is 1. The minimum Gasteiger partial charge on any atom is -0.387 e. The predicted molar refractivity (Wildman–Crippen MR) is 71.3 cm³/mol. The van der Waals surface area contributed by atoms with Crippen LogP contribution >= 0.6 is 0 Å². The van der Waals surface area contributed by atoms with Crippen molar-refractivity contribution in [3.05, 3.63) is 65.2 Å². The number of amidine groups is 1. The van der Waals surface area contributed by atoms with Crippen molar-refractivity contribution in [2.45, 2.75) is 6.42 Å². The lowest BCUT2D eigenvalue weighted by molar-refractivity contribution is 0.103. The summed E-state index contributed by atoms with van der Waals surface area (Å²) in [6.07, 6.45) is 0.630. The predicted octanol–water partition coefficient (Wildman–Crippen LogP) is 2.46. The van der Waals surface area contributed by atoms with Gasteiger partial charge >= 0.3 is 0 Å². The molecule has 0 aromatic heterocycles. The third-order valence-corrected chi connectivity index (χ3v) is 3.01. The van der Waals surface area contributed by atoms with E-state index in [0.717, 1.165) is 11.3 Å². The molecule has 3 rings (SSSR count). The van der Waals surface area contributed by atoms with Crippen LogP contribution in [0.5, 0.6) is 0 Å². The van der Waals surface area contributed by atoms with Gasteiger partial charge in [0.2, 0.25) is 0 Å². The Morgan fingerprint density at radius 1 is 1.06 bits per heavy atom. The van der Waals surface area contributed by atoms with Crippen molar-refractivity contribution in [1.82, 2.24) is 0 Å². The molecule has 1 aliphatic rings. The van der Waals surface area contributed by atoms with Crippen LogP contribution in [0.25, 0.3) is 0 Å². The first kappa shape index (κ1) is 10.7. The summed E-state index contributed by atoms with van der Waals surface area (Å²) in [5.74, 6) is 0.637. The second kappa shape index (κ2) is 4.11. The van der Waals surface area contributed by atoms with E-state index in [9.17, 15) is 4.79 Å². The Morgan fingerprint density at radius 3 is 2.61 bits per heavy atom. The zero-order valence-corrected chi connectivity index (χ0v) is 9.76. The molecule has 1 heterocycles. The van der Waals surface area contributed by atoms with E-state index >= 15 is 0 Å². The average Bonchev–Trinajstić information content (AvgIpc) is 2.78. The molecule has 2 aromatic carbocycles. The van der Waals surface area contributed by atoms with Gasteiger partial charge in [-0.15, -0.1) is 0 Å². The Bertz CT molecular complexity index is 645. The number of fused-ring (bicyclic) bond motifs is 1. The highest BCUT2D eigenvalue weighted by atomic mass is 16.1. The highest BCUT2D eigenvalue weighted by Gasteiger charge is 2.15. The molecule has 18 heavy (non-hydrogen) atoms. The molecular weight excluding hydrogens is 224 g/mol. The van der Waals surface area contributed by atoms with Crippen LogP contribution in [0.3, 0.4) is 0 Å². The topological polar surface area (TPSA) is 55.4 Å². The third kappa shape index (κ3) is 1.80. The highest BCUT2D eigenvalue weighted by molar-refractivity contribution is 6.09. The van der Waals surface area contributed by atoms with Gasteiger partial charge in [0.25, 0.3) is 0 Å². The summed E-state index contributed by atoms with van der Waals surface area (Å²) >= 11 is 0. The van der Waals surface area contributed by atoms with E-state index in [1.54, 1.807) is 6.07 Å². The first-order valence-electron chi connectivity index (χ1n) is 5.80. The van der Waals surface area contributed by atoms with Gasteiger partial charge in [0, 0.05) is 17.5 Å². The highest BCUT2D eigenvalue weighted by Crippen LogP contribution is 2.27. The molecule has 0 aliphatic carbocycles. The second-order valence-electron chi connectivity index (χ2n) is 4.32.